The molecule has 1 aliphatic heterocycles. The van der Waals surface area contributed by atoms with Crippen molar-refractivity contribution in [1.82, 2.24) is 8.34 Å². The van der Waals surface area contributed by atoms with Crippen LogP contribution in [-0.2, 0) is 4.79 Å². The summed E-state index contributed by atoms with van der Waals surface area (Å²) in [6.07, 6.45) is 0.489. The highest BCUT2D eigenvalue weighted by molar-refractivity contribution is 9.08. The molecular weight excluding hydrogens is 247 g/mol. The standard InChI is InChI=1S/C6H8BrClN2O2/c1-3-6(2)4(11)9(7)5(12)10(6)8/h3H2,1-2H3. The third-order valence-electron chi connectivity index (χ3n) is 2.10. The summed E-state index contributed by atoms with van der Waals surface area (Å²) in [6, 6.07) is -0.536. The fraction of sp³-hybridized carbons (Fsp3) is 0.667. The summed E-state index contributed by atoms with van der Waals surface area (Å²) in [5.74, 6) is -0.329. The van der Waals surface area contributed by atoms with Gasteiger partial charge in [0.05, 0.1) is 16.1 Å². The van der Waals surface area contributed by atoms with Crippen LogP contribution in [0.4, 0.5) is 4.79 Å². The molecule has 0 N–H and O–H groups in total. The highest BCUT2D eigenvalue weighted by Gasteiger charge is 2.52. The van der Waals surface area contributed by atoms with Crippen LogP contribution in [-0.4, -0.2) is 25.8 Å². The lowest BCUT2D eigenvalue weighted by atomic mass is 10.00. The first-order valence-corrected chi connectivity index (χ1v) is 4.50. The highest BCUT2D eigenvalue weighted by Crippen LogP contribution is 2.33. The smallest absolute Gasteiger partial charge is 0.271 e. The van der Waals surface area contributed by atoms with Gasteiger partial charge in [-0.15, -0.1) is 0 Å². The second-order valence-corrected chi connectivity index (χ2v) is 3.82. The molecule has 1 aliphatic rings. The molecule has 1 atom stereocenters. The summed E-state index contributed by atoms with van der Waals surface area (Å²) >= 11 is 8.49. The molecule has 0 aliphatic carbocycles. The lowest BCUT2D eigenvalue weighted by molar-refractivity contribution is -0.128. The van der Waals surface area contributed by atoms with Crippen molar-refractivity contribution >= 4 is 39.9 Å². The Balaban J connectivity index is 3.06. The molecule has 12 heavy (non-hydrogen) atoms. The second-order valence-electron chi connectivity index (χ2n) is 2.78. The van der Waals surface area contributed by atoms with Crippen LogP contribution in [0.2, 0.25) is 0 Å². The normalized spacial score (nSPS) is 30.3. The summed E-state index contributed by atoms with van der Waals surface area (Å²) in [5, 5.41) is 0. The van der Waals surface area contributed by atoms with Gasteiger partial charge in [-0.2, -0.15) is 3.93 Å². The van der Waals surface area contributed by atoms with E-state index >= 15 is 0 Å². The molecule has 68 valence electrons. The molecule has 1 unspecified atom stereocenters. The number of halogens is 2. The van der Waals surface area contributed by atoms with Crippen molar-refractivity contribution in [3.8, 4) is 0 Å². The van der Waals surface area contributed by atoms with Gasteiger partial charge in [-0.3, -0.25) is 4.79 Å². The topological polar surface area (TPSA) is 40.6 Å². The van der Waals surface area contributed by atoms with E-state index in [1.54, 1.807) is 13.8 Å². The summed E-state index contributed by atoms with van der Waals surface area (Å²) in [7, 11) is 0. The average molecular weight is 255 g/mol. The van der Waals surface area contributed by atoms with Gasteiger partial charge in [0.15, 0.2) is 0 Å². The molecule has 0 aromatic heterocycles. The fourth-order valence-electron chi connectivity index (χ4n) is 0.961. The van der Waals surface area contributed by atoms with E-state index in [2.05, 4.69) is 16.1 Å². The summed E-state index contributed by atoms with van der Waals surface area (Å²) in [6.45, 7) is 3.42. The van der Waals surface area contributed by atoms with Gasteiger partial charge in [0.2, 0.25) is 0 Å². The summed E-state index contributed by atoms with van der Waals surface area (Å²) < 4.78 is 1.77. The molecule has 1 saturated heterocycles. The van der Waals surface area contributed by atoms with Gasteiger partial charge in [0, 0.05) is 11.8 Å². The largest absolute Gasteiger partial charge is 0.352 e. The maximum Gasteiger partial charge on any atom is 0.352 e. The third kappa shape index (κ3) is 1.03. The highest BCUT2D eigenvalue weighted by atomic mass is 79.9. The van der Waals surface area contributed by atoms with E-state index in [0.29, 0.717) is 6.42 Å². The zero-order chi connectivity index (χ0) is 9.52. The molecule has 1 heterocycles. The van der Waals surface area contributed by atoms with E-state index in [1.807, 2.05) is 0 Å². The molecular formula is C6H8BrClN2O2. The van der Waals surface area contributed by atoms with Crippen molar-refractivity contribution in [3.63, 3.8) is 0 Å². The van der Waals surface area contributed by atoms with Crippen LogP contribution in [0, 0.1) is 0 Å². The maximum atomic E-state index is 11.4. The molecule has 0 saturated carbocycles. The van der Waals surface area contributed by atoms with Crippen molar-refractivity contribution in [2.45, 2.75) is 25.8 Å². The van der Waals surface area contributed by atoms with E-state index in [1.165, 1.54) is 0 Å². The first kappa shape index (κ1) is 9.80. The Kier molecular flexibility index (Phi) is 2.35. The van der Waals surface area contributed by atoms with Gasteiger partial charge in [-0.25, -0.2) is 9.21 Å². The summed E-state index contributed by atoms with van der Waals surface area (Å²) in [5.41, 5.74) is -0.915. The number of carbonyl (C=O) groups is 2. The van der Waals surface area contributed by atoms with Crippen molar-refractivity contribution < 1.29 is 9.59 Å². The number of urea groups is 1. The molecule has 4 nitrogen and oxygen atoms in total. The van der Waals surface area contributed by atoms with Crippen molar-refractivity contribution in [1.29, 1.82) is 0 Å². The Labute approximate surface area is 83.9 Å². The molecule has 6 heteroatoms. The van der Waals surface area contributed by atoms with Crippen LogP contribution < -0.4 is 0 Å². The van der Waals surface area contributed by atoms with Crippen molar-refractivity contribution in [2.24, 2.45) is 0 Å². The van der Waals surface area contributed by atoms with Crippen LogP contribution >= 0.6 is 27.9 Å². The SMILES string of the molecule is CCC1(C)C(=O)N(Br)C(=O)N1Cl. The van der Waals surface area contributed by atoms with E-state index in [-0.39, 0.29) is 5.91 Å². The van der Waals surface area contributed by atoms with E-state index < -0.39 is 11.6 Å². The Morgan fingerprint density at radius 1 is 1.58 bits per heavy atom. The molecule has 3 amide bonds. The molecule has 0 spiro atoms. The minimum absolute atomic E-state index is 0.329. The van der Waals surface area contributed by atoms with Crippen LogP contribution in [0.1, 0.15) is 20.3 Å². The van der Waals surface area contributed by atoms with Gasteiger partial charge in [0.1, 0.15) is 5.54 Å². The predicted molar refractivity (Wildman–Crippen MR) is 47.6 cm³/mol. The number of nitrogens with zero attached hydrogens (tertiary/aromatic N) is 2. The fourth-order valence-corrected chi connectivity index (χ4v) is 1.86. The predicted octanol–water partition coefficient (Wildman–Crippen LogP) is 1.88. The number of hydrogen-bond donors (Lipinski definition) is 0. The second kappa shape index (κ2) is 2.88. The third-order valence-corrected chi connectivity index (χ3v) is 3.24. The first-order chi connectivity index (χ1) is 5.45. The van der Waals surface area contributed by atoms with Gasteiger partial charge < -0.3 is 0 Å². The molecule has 0 aromatic carbocycles. The molecule has 0 bridgehead atoms. The first-order valence-electron chi connectivity index (χ1n) is 3.45. The Bertz CT molecular complexity index is 248. The summed E-state index contributed by atoms with van der Waals surface area (Å²) in [4.78, 5) is 22.6. The zero-order valence-corrected chi connectivity index (χ0v) is 9.02. The minimum atomic E-state index is -0.915. The van der Waals surface area contributed by atoms with E-state index in [4.69, 9.17) is 11.8 Å². The van der Waals surface area contributed by atoms with E-state index in [0.717, 1.165) is 8.34 Å². The monoisotopic (exact) mass is 254 g/mol. The maximum absolute atomic E-state index is 11.4. The number of rotatable bonds is 1. The van der Waals surface area contributed by atoms with Crippen molar-refractivity contribution in [3.05, 3.63) is 0 Å². The minimum Gasteiger partial charge on any atom is -0.271 e. The van der Waals surface area contributed by atoms with Crippen molar-refractivity contribution in [2.75, 3.05) is 0 Å². The van der Waals surface area contributed by atoms with Gasteiger partial charge in [-0.1, -0.05) is 6.92 Å². The number of carbonyl (C=O) groups excluding carboxylic acids is 2. The zero-order valence-electron chi connectivity index (χ0n) is 6.67. The Morgan fingerprint density at radius 2 is 2.08 bits per heavy atom. The van der Waals surface area contributed by atoms with Crippen LogP contribution in [0.5, 0.6) is 0 Å². The van der Waals surface area contributed by atoms with Crippen LogP contribution in [0.15, 0.2) is 0 Å². The molecule has 0 aromatic rings. The van der Waals surface area contributed by atoms with Crippen LogP contribution in [0.25, 0.3) is 0 Å². The lowest BCUT2D eigenvalue weighted by Crippen LogP contribution is -2.41. The number of amides is 3. The number of hydrogen-bond acceptors (Lipinski definition) is 2. The molecule has 1 fully saturated rings. The van der Waals surface area contributed by atoms with Gasteiger partial charge >= 0.3 is 6.03 Å². The average Bonchev–Trinajstić information content (AvgIpc) is 2.22. The van der Waals surface area contributed by atoms with Gasteiger partial charge in [-0.05, 0) is 13.3 Å². The quantitative estimate of drug-likeness (QED) is 0.530. The Hall–Kier alpha value is -0.290. The Morgan fingerprint density at radius 3 is 2.25 bits per heavy atom. The molecule has 1 rings (SSSR count). The molecule has 0 radical (unpaired) electrons. The van der Waals surface area contributed by atoms with Crippen LogP contribution in [0.3, 0.4) is 0 Å². The van der Waals surface area contributed by atoms with Gasteiger partial charge in [0.25, 0.3) is 5.91 Å². The van der Waals surface area contributed by atoms with E-state index in [9.17, 15) is 9.59 Å². The number of imide groups is 1. The lowest BCUT2D eigenvalue weighted by Gasteiger charge is -2.23.